The fourth-order valence-corrected chi connectivity index (χ4v) is 3.60. The summed E-state index contributed by atoms with van der Waals surface area (Å²) in [7, 11) is 0. The molecule has 1 unspecified atom stereocenters. The van der Waals surface area contributed by atoms with Crippen LogP contribution >= 0.6 is 24.0 Å². The molecule has 0 aromatic heterocycles. The molecule has 2 saturated heterocycles. The Labute approximate surface area is 143 Å². The van der Waals surface area contributed by atoms with Crippen LogP contribution in [-0.4, -0.2) is 43.5 Å². The van der Waals surface area contributed by atoms with Crippen LogP contribution in [0.1, 0.15) is 18.4 Å². The first kappa shape index (κ1) is 17.5. The number of likely N-dealkylation sites (tertiary alicyclic amines) is 1. The quantitative estimate of drug-likeness (QED) is 0.886. The average molecular weight is 344 g/mol. The third-order valence-corrected chi connectivity index (χ3v) is 4.93. The molecule has 1 atom stereocenters. The highest BCUT2D eigenvalue weighted by Crippen LogP contribution is 2.35. The molecule has 122 valence electrons. The SMILES string of the molecule is Cc1ccc(Cl)cc1NC(=O)CN1CCC2(CCNC2)C1.Cl. The monoisotopic (exact) mass is 343 g/mol. The Hall–Kier alpha value is -0.810. The molecule has 1 amide bonds. The van der Waals surface area contributed by atoms with E-state index >= 15 is 0 Å². The molecule has 0 saturated carbocycles. The van der Waals surface area contributed by atoms with E-state index in [-0.39, 0.29) is 18.3 Å². The van der Waals surface area contributed by atoms with Gasteiger partial charge in [0.25, 0.3) is 0 Å². The second kappa shape index (κ2) is 7.18. The minimum Gasteiger partial charge on any atom is -0.325 e. The van der Waals surface area contributed by atoms with Gasteiger partial charge in [0.05, 0.1) is 6.54 Å². The Morgan fingerprint density at radius 1 is 1.45 bits per heavy atom. The Bertz CT molecular complexity index is 544. The lowest BCUT2D eigenvalue weighted by Crippen LogP contribution is -2.34. The standard InChI is InChI=1S/C16H22ClN3O.ClH/c1-12-2-3-13(17)8-14(12)19-15(21)9-20-7-5-16(11-20)4-6-18-10-16;/h2-3,8,18H,4-7,9-11H2,1H3,(H,19,21);1H. The fourth-order valence-electron chi connectivity index (χ4n) is 3.43. The number of nitrogens with one attached hydrogen (secondary N) is 2. The van der Waals surface area contributed by atoms with Crippen molar-refractivity contribution in [3.63, 3.8) is 0 Å². The maximum Gasteiger partial charge on any atom is 0.238 e. The number of hydrogen-bond acceptors (Lipinski definition) is 3. The largest absolute Gasteiger partial charge is 0.325 e. The minimum absolute atomic E-state index is 0. The summed E-state index contributed by atoms with van der Waals surface area (Å²) in [5.74, 6) is 0.0448. The Kier molecular flexibility index (Phi) is 5.72. The molecule has 1 aromatic carbocycles. The molecular formula is C16H23Cl2N3O. The van der Waals surface area contributed by atoms with Crippen LogP contribution in [0.2, 0.25) is 5.02 Å². The van der Waals surface area contributed by atoms with E-state index in [0.29, 0.717) is 17.0 Å². The summed E-state index contributed by atoms with van der Waals surface area (Å²) < 4.78 is 0. The highest BCUT2D eigenvalue weighted by molar-refractivity contribution is 6.31. The summed E-state index contributed by atoms with van der Waals surface area (Å²) in [6.45, 7) is 6.69. The molecule has 2 heterocycles. The van der Waals surface area contributed by atoms with Gasteiger partial charge in [-0.1, -0.05) is 17.7 Å². The molecule has 1 spiro atoms. The first-order valence-corrected chi connectivity index (χ1v) is 7.93. The summed E-state index contributed by atoms with van der Waals surface area (Å²) in [5.41, 5.74) is 2.25. The van der Waals surface area contributed by atoms with Gasteiger partial charge in [-0.15, -0.1) is 12.4 Å². The number of carbonyl (C=O) groups excluding carboxylic acids is 1. The van der Waals surface area contributed by atoms with Gasteiger partial charge in [0.2, 0.25) is 5.91 Å². The average Bonchev–Trinajstić information content (AvgIpc) is 3.05. The zero-order chi connectivity index (χ0) is 14.9. The summed E-state index contributed by atoms with van der Waals surface area (Å²) in [6, 6.07) is 5.57. The molecule has 2 N–H and O–H groups in total. The van der Waals surface area contributed by atoms with E-state index in [4.69, 9.17) is 11.6 Å². The number of hydrogen-bond donors (Lipinski definition) is 2. The molecule has 1 aromatic rings. The molecule has 4 nitrogen and oxygen atoms in total. The summed E-state index contributed by atoms with van der Waals surface area (Å²) in [5, 5.41) is 7.06. The summed E-state index contributed by atoms with van der Waals surface area (Å²) >= 11 is 5.98. The number of nitrogens with zero attached hydrogens (tertiary/aromatic N) is 1. The van der Waals surface area contributed by atoms with Gasteiger partial charge < -0.3 is 10.6 Å². The van der Waals surface area contributed by atoms with E-state index in [1.165, 1.54) is 12.8 Å². The van der Waals surface area contributed by atoms with Crippen LogP contribution in [0.15, 0.2) is 18.2 Å². The first-order valence-electron chi connectivity index (χ1n) is 7.55. The van der Waals surface area contributed by atoms with Crippen molar-refractivity contribution in [2.45, 2.75) is 19.8 Å². The van der Waals surface area contributed by atoms with E-state index in [9.17, 15) is 4.79 Å². The van der Waals surface area contributed by atoms with Crippen molar-refractivity contribution in [1.82, 2.24) is 10.2 Å². The van der Waals surface area contributed by atoms with Gasteiger partial charge in [-0.25, -0.2) is 0 Å². The van der Waals surface area contributed by atoms with Crippen molar-refractivity contribution in [3.05, 3.63) is 28.8 Å². The van der Waals surface area contributed by atoms with Gasteiger partial charge in [0, 0.05) is 23.8 Å². The van der Waals surface area contributed by atoms with E-state index < -0.39 is 0 Å². The van der Waals surface area contributed by atoms with Gasteiger partial charge >= 0.3 is 0 Å². The highest BCUT2D eigenvalue weighted by atomic mass is 35.5. The molecule has 0 bridgehead atoms. The van der Waals surface area contributed by atoms with Crippen LogP contribution in [0.4, 0.5) is 5.69 Å². The van der Waals surface area contributed by atoms with Crippen LogP contribution in [-0.2, 0) is 4.79 Å². The molecule has 2 aliphatic rings. The van der Waals surface area contributed by atoms with Gasteiger partial charge in [-0.3, -0.25) is 9.69 Å². The van der Waals surface area contributed by atoms with Crippen molar-refractivity contribution in [2.75, 3.05) is 38.0 Å². The van der Waals surface area contributed by atoms with Crippen LogP contribution in [0, 0.1) is 12.3 Å². The smallest absolute Gasteiger partial charge is 0.238 e. The molecule has 2 fully saturated rings. The molecule has 0 aliphatic carbocycles. The Morgan fingerprint density at radius 2 is 2.27 bits per heavy atom. The molecule has 22 heavy (non-hydrogen) atoms. The predicted octanol–water partition coefficient (Wildman–Crippen LogP) is 2.69. The Morgan fingerprint density at radius 3 is 3.00 bits per heavy atom. The van der Waals surface area contributed by atoms with Gasteiger partial charge in [0.15, 0.2) is 0 Å². The summed E-state index contributed by atoms with van der Waals surface area (Å²) in [4.78, 5) is 14.5. The first-order chi connectivity index (χ1) is 10.1. The Balaban J connectivity index is 0.00000176. The third-order valence-electron chi connectivity index (χ3n) is 4.69. The number of carbonyl (C=O) groups is 1. The van der Waals surface area contributed by atoms with Crippen LogP contribution in [0.25, 0.3) is 0 Å². The second-order valence-electron chi connectivity index (χ2n) is 6.39. The predicted molar refractivity (Wildman–Crippen MR) is 93.0 cm³/mol. The number of rotatable bonds is 3. The zero-order valence-corrected chi connectivity index (χ0v) is 14.4. The lowest BCUT2D eigenvalue weighted by molar-refractivity contribution is -0.117. The summed E-state index contributed by atoms with van der Waals surface area (Å²) in [6.07, 6.45) is 2.43. The fraction of sp³-hybridized carbons (Fsp3) is 0.562. The minimum atomic E-state index is 0. The van der Waals surface area contributed by atoms with Gasteiger partial charge in [-0.05, 0) is 56.0 Å². The highest BCUT2D eigenvalue weighted by Gasteiger charge is 2.40. The van der Waals surface area contributed by atoms with E-state index in [1.54, 1.807) is 6.07 Å². The molecule has 6 heteroatoms. The molecule has 3 rings (SSSR count). The van der Waals surface area contributed by atoms with Crippen molar-refractivity contribution >= 4 is 35.6 Å². The van der Waals surface area contributed by atoms with E-state index in [0.717, 1.165) is 37.4 Å². The van der Waals surface area contributed by atoms with Crippen molar-refractivity contribution < 1.29 is 4.79 Å². The van der Waals surface area contributed by atoms with Gasteiger partial charge in [-0.2, -0.15) is 0 Å². The molecular weight excluding hydrogens is 321 g/mol. The van der Waals surface area contributed by atoms with Crippen LogP contribution < -0.4 is 10.6 Å². The second-order valence-corrected chi connectivity index (χ2v) is 6.83. The maximum absolute atomic E-state index is 12.2. The zero-order valence-electron chi connectivity index (χ0n) is 12.8. The topological polar surface area (TPSA) is 44.4 Å². The van der Waals surface area contributed by atoms with Crippen LogP contribution in [0.5, 0.6) is 0 Å². The lowest BCUT2D eigenvalue weighted by Gasteiger charge is -2.22. The van der Waals surface area contributed by atoms with Gasteiger partial charge in [0.1, 0.15) is 0 Å². The number of amides is 1. The number of benzene rings is 1. The third kappa shape index (κ3) is 3.93. The van der Waals surface area contributed by atoms with Crippen LogP contribution in [0.3, 0.4) is 0 Å². The molecule has 0 radical (unpaired) electrons. The van der Waals surface area contributed by atoms with E-state index in [2.05, 4.69) is 15.5 Å². The van der Waals surface area contributed by atoms with Crippen molar-refractivity contribution in [3.8, 4) is 0 Å². The number of anilines is 1. The van der Waals surface area contributed by atoms with E-state index in [1.807, 2.05) is 19.1 Å². The van der Waals surface area contributed by atoms with Crippen molar-refractivity contribution in [2.24, 2.45) is 5.41 Å². The number of aryl methyl sites for hydroxylation is 1. The van der Waals surface area contributed by atoms with Crippen molar-refractivity contribution in [1.29, 1.82) is 0 Å². The normalized spacial score (nSPS) is 24.5. The molecule has 2 aliphatic heterocycles. The lowest BCUT2D eigenvalue weighted by atomic mass is 9.87. The number of halogens is 2. The maximum atomic E-state index is 12.2.